The first-order chi connectivity index (χ1) is 12.4. The van der Waals surface area contributed by atoms with Crippen molar-refractivity contribution in [1.29, 1.82) is 0 Å². The first-order valence-electron chi connectivity index (χ1n) is 8.28. The van der Waals surface area contributed by atoms with Crippen LogP contribution in [0.3, 0.4) is 0 Å². The molecule has 0 saturated heterocycles. The Bertz CT molecular complexity index is 846. The molecule has 0 aliphatic carbocycles. The van der Waals surface area contributed by atoms with E-state index in [0.717, 1.165) is 5.56 Å². The molecule has 0 amide bonds. The quantitative estimate of drug-likeness (QED) is 0.715. The number of esters is 1. The van der Waals surface area contributed by atoms with Gasteiger partial charge in [-0.15, -0.1) is 0 Å². The third kappa shape index (κ3) is 5.31. The normalized spacial score (nSPS) is 12.4. The molecule has 6 nitrogen and oxygen atoms in total. The Labute approximate surface area is 154 Å². The Morgan fingerprint density at radius 3 is 2.46 bits per heavy atom. The molecule has 0 spiro atoms. The van der Waals surface area contributed by atoms with Gasteiger partial charge in [0.05, 0.1) is 17.6 Å². The Hall–Kier alpha value is -2.38. The number of carbonyl (C=O) groups excluding carboxylic acids is 1. The van der Waals surface area contributed by atoms with Crippen LogP contribution in [0.2, 0.25) is 0 Å². The molecule has 0 saturated carbocycles. The van der Waals surface area contributed by atoms with Gasteiger partial charge in [0.15, 0.2) is 0 Å². The first-order valence-corrected chi connectivity index (χ1v) is 9.76. The van der Waals surface area contributed by atoms with E-state index in [2.05, 4.69) is 4.72 Å². The fourth-order valence-corrected chi connectivity index (χ4v) is 3.51. The van der Waals surface area contributed by atoms with Crippen molar-refractivity contribution in [2.45, 2.75) is 37.8 Å². The lowest BCUT2D eigenvalue weighted by atomic mass is 10.2. The molecule has 1 unspecified atom stereocenters. The Morgan fingerprint density at radius 1 is 1.15 bits per heavy atom. The smallest absolute Gasteiger partial charge is 0.338 e. The standard InChI is InChI=1S/C19H23NO5S/c1-4-14(2)20-26(22,23)18-10-8-16(9-11-18)19(21)25-13-15-6-5-7-17(12-15)24-3/h5-12,14,20H,4,13H2,1-3H3. The second-order valence-electron chi connectivity index (χ2n) is 5.88. The van der Waals surface area contributed by atoms with Crippen LogP contribution in [0.5, 0.6) is 5.75 Å². The van der Waals surface area contributed by atoms with Gasteiger partial charge in [-0.25, -0.2) is 17.9 Å². The van der Waals surface area contributed by atoms with Crippen LogP contribution in [0.15, 0.2) is 53.4 Å². The van der Waals surface area contributed by atoms with Crippen LogP contribution >= 0.6 is 0 Å². The molecule has 0 aliphatic heterocycles. The molecule has 2 aromatic carbocycles. The van der Waals surface area contributed by atoms with Crippen molar-refractivity contribution in [2.24, 2.45) is 0 Å². The molecule has 0 fully saturated rings. The molecule has 0 radical (unpaired) electrons. The first kappa shape index (κ1) is 19.9. The summed E-state index contributed by atoms with van der Waals surface area (Å²) in [5.74, 6) is 0.161. The van der Waals surface area contributed by atoms with Crippen LogP contribution in [-0.4, -0.2) is 27.5 Å². The van der Waals surface area contributed by atoms with E-state index >= 15 is 0 Å². The van der Waals surface area contributed by atoms with Gasteiger partial charge in [-0.1, -0.05) is 19.1 Å². The van der Waals surface area contributed by atoms with Crippen LogP contribution < -0.4 is 9.46 Å². The van der Waals surface area contributed by atoms with Crippen molar-refractivity contribution in [1.82, 2.24) is 4.72 Å². The van der Waals surface area contributed by atoms with Crippen molar-refractivity contribution < 1.29 is 22.7 Å². The molecule has 140 valence electrons. The van der Waals surface area contributed by atoms with Crippen LogP contribution in [0.1, 0.15) is 36.2 Å². The summed E-state index contributed by atoms with van der Waals surface area (Å²) in [4.78, 5) is 12.3. The molecule has 26 heavy (non-hydrogen) atoms. The molecule has 2 aromatic rings. The summed E-state index contributed by atoms with van der Waals surface area (Å²) >= 11 is 0. The highest BCUT2D eigenvalue weighted by Crippen LogP contribution is 2.15. The largest absolute Gasteiger partial charge is 0.497 e. The van der Waals surface area contributed by atoms with Crippen LogP contribution in [0, 0.1) is 0 Å². The van der Waals surface area contributed by atoms with E-state index in [-0.39, 0.29) is 23.1 Å². The number of carbonyl (C=O) groups is 1. The summed E-state index contributed by atoms with van der Waals surface area (Å²) < 4.78 is 37.4. The fourth-order valence-electron chi connectivity index (χ4n) is 2.18. The van der Waals surface area contributed by atoms with E-state index in [1.165, 1.54) is 24.3 Å². The summed E-state index contributed by atoms with van der Waals surface area (Å²) in [5.41, 5.74) is 1.09. The molecule has 1 atom stereocenters. The minimum absolute atomic E-state index is 0.103. The van der Waals surface area contributed by atoms with Crippen LogP contribution in [-0.2, 0) is 21.4 Å². The number of rotatable bonds is 8. The van der Waals surface area contributed by atoms with Crippen molar-refractivity contribution in [3.63, 3.8) is 0 Å². The second kappa shape index (κ2) is 8.82. The van der Waals surface area contributed by atoms with E-state index in [9.17, 15) is 13.2 Å². The lowest BCUT2D eigenvalue weighted by Gasteiger charge is -2.12. The van der Waals surface area contributed by atoms with E-state index in [1.807, 2.05) is 19.1 Å². The third-order valence-corrected chi connectivity index (χ3v) is 5.48. The molecule has 2 rings (SSSR count). The molecule has 0 aromatic heterocycles. The third-order valence-electron chi connectivity index (χ3n) is 3.87. The zero-order valence-corrected chi connectivity index (χ0v) is 15.9. The van der Waals surface area contributed by atoms with Gasteiger partial charge in [0, 0.05) is 6.04 Å². The van der Waals surface area contributed by atoms with E-state index in [0.29, 0.717) is 12.2 Å². The number of benzene rings is 2. The highest BCUT2D eigenvalue weighted by atomic mass is 32.2. The summed E-state index contributed by atoms with van der Waals surface area (Å²) in [6.45, 7) is 3.79. The molecule has 7 heteroatoms. The van der Waals surface area contributed by atoms with Gasteiger partial charge in [-0.3, -0.25) is 0 Å². The summed E-state index contributed by atoms with van der Waals surface area (Å²) in [6.07, 6.45) is 0.688. The van der Waals surface area contributed by atoms with Crippen molar-refractivity contribution >= 4 is 16.0 Å². The van der Waals surface area contributed by atoms with Gasteiger partial charge in [-0.2, -0.15) is 0 Å². The van der Waals surface area contributed by atoms with Crippen molar-refractivity contribution in [3.8, 4) is 5.75 Å². The minimum atomic E-state index is -3.59. The monoisotopic (exact) mass is 377 g/mol. The summed E-state index contributed by atoms with van der Waals surface area (Å²) in [6, 6.07) is 12.7. The summed E-state index contributed by atoms with van der Waals surface area (Å²) in [5, 5.41) is 0. The molecule has 1 N–H and O–H groups in total. The highest BCUT2D eigenvalue weighted by molar-refractivity contribution is 7.89. The lowest BCUT2D eigenvalue weighted by Crippen LogP contribution is -2.32. The fraction of sp³-hybridized carbons (Fsp3) is 0.316. The van der Waals surface area contributed by atoms with E-state index < -0.39 is 16.0 Å². The van der Waals surface area contributed by atoms with Gasteiger partial charge in [-0.05, 0) is 55.3 Å². The van der Waals surface area contributed by atoms with Gasteiger partial charge in [0.25, 0.3) is 0 Å². The van der Waals surface area contributed by atoms with Crippen LogP contribution in [0.4, 0.5) is 0 Å². The molecular formula is C19H23NO5S. The molecule has 0 bridgehead atoms. The SMILES string of the molecule is CCC(C)NS(=O)(=O)c1ccc(C(=O)OCc2cccc(OC)c2)cc1. The average Bonchev–Trinajstić information content (AvgIpc) is 2.66. The minimum Gasteiger partial charge on any atom is -0.497 e. The molecular weight excluding hydrogens is 354 g/mol. The van der Waals surface area contributed by atoms with Gasteiger partial charge in [0.2, 0.25) is 10.0 Å². The highest BCUT2D eigenvalue weighted by Gasteiger charge is 2.17. The van der Waals surface area contributed by atoms with Gasteiger partial charge >= 0.3 is 5.97 Å². The predicted octanol–water partition coefficient (Wildman–Crippen LogP) is 3.13. The average molecular weight is 377 g/mol. The summed E-state index contributed by atoms with van der Waals surface area (Å²) in [7, 11) is -2.03. The number of ether oxygens (including phenoxy) is 2. The maximum Gasteiger partial charge on any atom is 0.338 e. The number of hydrogen-bond donors (Lipinski definition) is 1. The van der Waals surface area contributed by atoms with Gasteiger partial charge in [0.1, 0.15) is 12.4 Å². The zero-order chi connectivity index (χ0) is 19.2. The Kier molecular flexibility index (Phi) is 6.76. The lowest BCUT2D eigenvalue weighted by molar-refractivity contribution is 0.0472. The van der Waals surface area contributed by atoms with Gasteiger partial charge < -0.3 is 9.47 Å². The number of sulfonamides is 1. The zero-order valence-electron chi connectivity index (χ0n) is 15.1. The van der Waals surface area contributed by atoms with Crippen LogP contribution in [0.25, 0.3) is 0 Å². The predicted molar refractivity (Wildman–Crippen MR) is 98.6 cm³/mol. The number of methoxy groups -OCH3 is 1. The van der Waals surface area contributed by atoms with E-state index in [4.69, 9.17) is 9.47 Å². The second-order valence-corrected chi connectivity index (χ2v) is 7.60. The maximum absolute atomic E-state index is 12.2. The van der Waals surface area contributed by atoms with Crippen molar-refractivity contribution in [2.75, 3.05) is 7.11 Å². The maximum atomic E-state index is 12.2. The van der Waals surface area contributed by atoms with Crippen molar-refractivity contribution in [3.05, 3.63) is 59.7 Å². The molecule has 0 aliphatic rings. The number of hydrogen-bond acceptors (Lipinski definition) is 5. The van der Waals surface area contributed by atoms with E-state index in [1.54, 1.807) is 26.2 Å². The Balaban J connectivity index is 2.02. The Morgan fingerprint density at radius 2 is 1.85 bits per heavy atom. The molecule has 0 heterocycles. The topological polar surface area (TPSA) is 81.7 Å². The number of nitrogens with one attached hydrogen (secondary N) is 1.